The molecule has 13 heavy (non-hydrogen) atoms. The summed E-state index contributed by atoms with van der Waals surface area (Å²) in [6.45, 7) is 3.27. The highest BCUT2D eigenvalue weighted by molar-refractivity contribution is 5.32. The average Bonchev–Trinajstić information content (AvgIpc) is 2.03. The van der Waals surface area contributed by atoms with Gasteiger partial charge in [-0.05, 0) is 25.5 Å². The predicted octanol–water partition coefficient (Wildman–Crippen LogP) is 1.30. The van der Waals surface area contributed by atoms with E-state index in [1.54, 1.807) is 19.1 Å². The minimum Gasteiger partial charge on any atom is -0.384 e. The Bertz CT molecular complexity index is 290. The Labute approximate surface area is 77.2 Å². The second kappa shape index (κ2) is 3.44. The molecule has 2 nitrogen and oxygen atoms in total. The SMILES string of the molecule is Cc1cccc(F)c1C(C)(O)CN. The summed E-state index contributed by atoms with van der Waals surface area (Å²) in [5.74, 6) is -0.407. The van der Waals surface area contributed by atoms with Gasteiger partial charge in [-0.1, -0.05) is 12.1 Å². The first-order valence-corrected chi connectivity index (χ1v) is 4.17. The summed E-state index contributed by atoms with van der Waals surface area (Å²) in [6, 6.07) is 4.69. The molecular formula is C10H14FNO. The molecule has 0 spiro atoms. The minimum absolute atomic E-state index is 0.00870. The number of hydrogen-bond donors (Lipinski definition) is 2. The van der Waals surface area contributed by atoms with Crippen LogP contribution in [-0.2, 0) is 5.60 Å². The lowest BCUT2D eigenvalue weighted by molar-refractivity contribution is 0.0622. The summed E-state index contributed by atoms with van der Waals surface area (Å²) >= 11 is 0. The number of nitrogens with two attached hydrogens (primary N) is 1. The summed E-state index contributed by atoms with van der Waals surface area (Å²) in [5, 5.41) is 9.79. The van der Waals surface area contributed by atoms with Gasteiger partial charge < -0.3 is 10.8 Å². The molecule has 0 aliphatic carbocycles. The third-order valence-corrected chi connectivity index (χ3v) is 2.16. The third kappa shape index (κ3) is 1.87. The molecule has 72 valence electrons. The Balaban J connectivity index is 3.28. The number of aliphatic hydroxyl groups is 1. The Morgan fingerprint density at radius 1 is 1.54 bits per heavy atom. The molecule has 1 rings (SSSR count). The molecule has 1 atom stereocenters. The Morgan fingerprint density at radius 2 is 2.15 bits per heavy atom. The lowest BCUT2D eigenvalue weighted by atomic mass is 9.92. The van der Waals surface area contributed by atoms with E-state index in [9.17, 15) is 9.50 Å². The van der Waals surface area contributed by atoms with E-state index in [0.717, 1.165) is 5.56 Å². The molecule has 0 aromatic heterocycles. The molecule has 3 N–H and O–H groups in total. The zero-order chi connectivity index (χ0) is 10.1. The Hall–Kier alpha value is -0.930. The van der Waals surface area contributed by atoms with Crippen LogP contribution in [0.25, 0.3) is 0 Å². The molecule has 0 bridgehead atoms. The van der Waals surface area contributed by atoms with Gasteiger partial charge in [-0.15, -0.1) is 0 Å². The van der Waals surface area contributed by atoms with Gasteiger partial charge in [-0.3, -0.25) is 0 Å². The van der Waals surface area contributed by atoms with Crippen molar-refractivity contribution in [1.29, 1.82) is 0 Å². The molecule has 0 radical (unpaired) electrons. The fraction of sp³-hybridized carbons (Fsp3) is 0.400. The second-order valence-corrected chi connectivity index (χ2v) is 3.41. The summed E-state index contributed by atoms with van der Waals surface area (Å²) in [6.07, 6.45) is 0. The largest absolute Gasteiger partial charge is 0.384 e. The molecule has 0 aliphatic heterocycles. The Morgan fingerprint density at radius 3 is 2.62 bits per heavy atom. The quantitative estimate of drug-likeness (QED) is 0.726. The second-order valence-electron chi connectivity index (χ2n) is 3.41. The van der Waals surface area contributed by atoms with Gasteiger partial charge in [0.15, 0.2) is 0 Å². The first-order valence-electron chi connectivity index (χ1n) is 4.17. The van der Waals surface area contributed by atoms with Crippen molar-refractivity contribution < 1.29 is 9.50 Å². The lowest BCUT2D eigenvalue weighted by Crippen LogP contribution is -2.33. The van der Waals surface area contributed by atoms with Gasteiger partial charge >= 0.3 is 0 Å². The number of halogens is 1. The zero-order valence-corrected chi connectivity index (χ0v) is 7.84. The van der Waals surface area contributed by atoms with Gasteiger partial charge in [0.2, 0.25) is 0 Å². The molecule has 0 saturated carbocycles. The maximum absolute atomic E-state index is 13.3. The van der Waals surface area contributed by atoms with E-state index in [4.69, 9.17) is 5.73 Å². The number of benzene rings is 1. The van der Waals surface area contributed by atoms with Crippen LogP contribution in [0.3, 0.4) is 0 Å². The minimum atomic E-state index is -1.28. The van der Waals surface area contributed by atoms with Crippen LogP contribution in [0.2, 0.25) is 0 Å². The number of aryl methyl sites for hydroxylation is 1. The molecule has 0 amide bonds. The smallest absolute Gasteiger partial charge is 0.129 e. The monoisotopic (exact) mass is 183 g/mol. The van der Waals surface area contributed by atoms with Crippen LogP contribution in [0.4, 0.5) is 4.39 Å². The van der Waals surface area contributed by atoms with Crippen LogP contribution >= 0.6 is 0 Å². The van der Waals surface area contributed by atoms with Crippen molar-refractivity contribution in [3.05, 3.63) is 35.1 Å². The first-order chi connectivity index (χ1) is 5.99. The normalized spacial score (nSPS) is 15.5. The van der Waals surface area contributed by atoms with Gasteiger partial charge in [-0.2, -0.15) is 0 Å². The van der Waals surface area contributed by atoms with Gasteiger partial charge in [0.05, 0.1) is 0 Å². The van der Waals surface area contributed by atoms with Crippen LogP contribution in [0.5, 0.6) is 0 Å². The van der Waals surface area contributed by atoms with Crippen molar-refractivity contribution in [3.8, 4) is 0 Å². The number of rotatable bonds is 2. The molecule has 1 unspecified atom stereocenters. The standard InChI is InChI=1S/C10H14FNO/c1-7-4-3-5-8(11)9(7)10(2,13)6-12/h3-5,13H,6,12H2,1-2H3. The van der Waals surface area contributed by atoms with Crippen molar-refractivity contribution in [2.75, 3.05) is 6.54 Å². The van der Waals surface area contributed by atoms with Crippen molar-refractivity contribution >= 4 is 0 Å². The van der Waals surface area contributed by atoms with E-state index in [1.165, 1.54) is 13.0 Å². The van der Waals surface area contributed by atoms with Gasteiger partial charge in [-0.25, -0.2) is 4.39 Å². The summed E-state index contributed by atoms with van der Waals surface area (Å²) in [7, 11) is 0. The maximum atomic E-state index is 13.3. The van der Waals surface area contributed by atoms with Crippen molar-refractivity contribution in [3.63, 3.8) is 0 Å². The molecular weight excluding hydrogens is 169 g/mol. The van der Waals surface area contributed by atoms with Crippen LogP contribution in [0, 0.1) is 12.7 Å². The molecule has 0 fully saturated rings. The highest BCUT2D eigenvalue weighted by atomic mass is 19.1. The number of hydrogen-bond acceptors (Lipinski definition) is 2. The van der Waals surface area contributed by atoms with Crippen molar-refractivity contribution in [2.45, 2.75) is 19.4 Å². The Kier molecular flexibility index (Phi) is 2.68. The fourth-order valence-electron chi connectivity index (χ4n) is 1.42. The maximum Gasteiger partial charge on any atom is 0.129 e. The summed E-state index contributed by atoms with van der Waals surface area (Å²) in [5.41, 5.74) is 5.08. The third-order valence-electron chi connectivity index (χ3n) is 2.16. The summed E-state index contributed by atoms with van der Waals surface area (Å²) < 4.78 is 13.3. The highest BCUT2D eigenvalue weighted by Gasteiger charge is 2.26. The van der Waals surface area contributed by atoms with Crippen LogP contribution < -0.4 is 5.73 Å². The molecule has 1 aromatic carbocycles. The molecule has 0 aliphatic rings. The molecule has 0 saturated heterocycles. The molecule has 0 heterocycles. The van der Waals surface area contributed by atoms with Crippen molar-refractivity contribution in [1.82, 2.24) is 0 Å². The van der Waals surface area contributed by atoms with Crippen LogP contribution in [0.15, 0.2) is 18.2 Å². The van der Waals surface area contributed by atoms with Gasteiger partial charge in [0.25, 0.3) is 0 Å². The fourth-order valence-corrected chi connectivity index (χ4v) is 1.42. The predicted molar refractivity (Wildman–Crippen MR) is 49.8 cm³/mol. The van der Waals surface area contributed by atoms with E-state index in [1.807, 2.05) is 0 Å². The van der Waals surface area contributed by atoms with Crippen LogP contribution in [0.1, 0.15) is 18.1 Å². The van der Waals surface area contributed by atoms with E-state index in [0.29, 0.717) is 0 Å². The van der Waals surface area contributed by atoms with E-state index in [2.05, 4.69) is 0 Å². The summed E-state index contributed by atoms with van der Waals surface area (Å²) in [4.78, 5) is 0. The van der Waals surface area contributed by atoms with Crippen LogP contribution in [-0.4, -0.2) is 11.7 Å². The van der Waals surface area contributed by atoms with Crippen molar-refractivity contribution in [2.24, 2.45) is 5.73 Å². The first kappa shape index (κ1) is 10.2. The average molecular weight is 183 g/mol. The van der Waals surface area contributed by atoms with E-state index in [-0.39, 0.29) is 12.1 Å². The lowest BCUT2D eigenvalue weighted by Gasteiger charge is -2.24. The highest BCUT2D eigenvalue weighted by Crippen LogP contribution is 2.25. The zero-order valence-electron chi connectivity index (χ0n) is 7.84. The molecule has 3 heteroatoms. The van der Waals surface area contributed by atoms with E-state index >= 15 is 0 Å². The topological polar surface area (TPSA) is 46.2 Å². The van der Waals surface area contributed by atoms with Gasteiger partial charge in [0, 0.05) is 12.1 Å². The van der Waals surface area contributed by atoms with Gasteiger partial charge in [0.1, 0.15) is 11.4 Å². The van der Waals surface area contributed by atoms with E-state index < -0.39 is 11.4 Å². The molecule has 1 aromatic rings.